The summed E-state index contributed by atoms with van der Waals surface area (Å²) in [6, 6.07) is 5.48. The van der Waals surface area contributed by atoms with Gasteiger partial charge in [0.05, 0.1) is 0 Å². The Morgan fingerprint density at radius 2 is 2.23 bits per heavy atom. The van der Waals surface area contributed by atoms with Crippen LogP contribution in [0.25, 0.3) is 0 Å². The number of nitrogens with zero attached hydrogens (tertiary/aromatic N) is 2. The molecule has 0 spiro atoms. The number of aryl methyl sites for hydroxylation is 1. The van der Waals surface area contributed by atoms with Gasteiger partial charge in [-0.3, -0.25) is 4.79 Å². The lowest BCUT2D eigenvalue weighted by Crippen LogP contribution is -2.33. The van der Waals surface area contributed by atoms with Gasteiger partial charge in [-0.25, -0.2) is 9.97 Å². The zero-order valence-electron chi connectivity index (χ0n) is 18.0. The van der Waals surface area contributed by atoms with Gasteiger partial charge in [-0.1, -0.05) is 6.08 Å². The van der Waals surface area contributed by atoms with Crippen LogP contribution in [0.2, 0.25) is 0 Å². The number of carbonyl (C=O) groups excluding carboxylic acids is 1. The summed E-state index contributed by atoms with van der Waals surface area (Å²) in [7, 11) is 0. The molecular formula is C23H28N6O2. The van der Waals surface area contributed by atoms with Crippen LogP contribution in [0, 0.1) is 12.3 Å². The average Bonchev–Trinajstić information content (AvgIpc) is 2.75. The first-order valence-electron chi connectivity index (χ1n) is 10.2. The van der Waals surface area contributed by atoms with E-state index in [1.807, 2.05) is 45.1 Å². The maximum absolute atomic E-state index is 11.8. The van der Waals surface area contributed by atoms with E-state index in [0.717, 1.165) is 17.7 Å². The monoisotopic (exact) mass is 420 g/mol. The maximum atomic E-state index is 11.8. The third-order valence-corrected chi connectivity index (χ3v) is 4.68. The Morgan fingerprint density at radius 1 is 1.42 bits per heavy atom. The molecule has 0 fully saturated rings. The number of ether oxygens (including phenoxy) is 1. The normalized spacial score (nSPS) is 15.4. The first-order valence-corrected chi connectivity index (χ1v) is 10.2. The summed E-state index contributed by atoms with van der Waals surface area (Å²) in [4.78, 5) is 21.0. The zero-order chi connectivity index (χ0) is 22.4. The molecule has 1 heterocycles. The van der Waals surface area contributed by atoms with E-state index in [2.05, 4.69) is 15.6 Å². The van der Waals surface area contributed by atoms with E-state index in [9.17, 15) is 4.79 Å². The molecule has 1 atom stereocenters. The molecule has 1 aromatic carbocycles. The SMILES string of the molecule is Cc1cnc(C2C=C(OCC(=O)NC(C)C)C=CC2)nc1Nc1ccc(N)c(C=N)c1. The lowest BCUT2D eigenvalue weighted by atomic mass is 9.99. The molecule has 2 aromatic rings. The lowest BCUT2D eigenvalue weighted by molar-refractivity contribution is -0.124. The minimum atomic E-state index is -0.155. The van der Waals surface area contributed by atoms with Crippen molar-refractivity contribution in [3.8, 4) is 0 Å². The molecule has 1 amide bonds. The standard InChI is InChI=1S/C23H28N6O2/c1-14(2)27-21(30)13-31-19-6-4-5-16(10-19)23-26-12-15(3)22(29-23)28-18-7-8-20(25)17(9-18)11-24/h4,6-12,14,16,24H,5,13,25H2,1-3H3,(H,27,30)(H,26,28,29). The summed E-state index contributed by atoms with van der Waals surface area (Å²) in [6.45, 7) is 5.71. The molecule has 1 aliphatic rings. The van der Waals surface area contributed by atoms with Crippen LogP contribution in [0.5, 0.6) is 0 Å². The molecule has 1 aromatic heterocycles. The Hall–Kier alpha value is -3.68. The first kappa shape index (κ1) is 22.0. The number of nitrogens with two attached hydrogens (primary N) is 1. The lowest BCUT2D eigenvalue weighted by Gasteiger charge is -2.18. The highest BCUT2D eigenvalue weighted by atomic mass is 16.5. The van der Waals surface area contributed by atoms with Crippen LogP contribution >= 0.6 is 0 Å². The van der Waals surface area contributed by atoms with Gasteiger partial charge in [0.25, 0.3) is 5.91 Å². The van der Waals surface area contributed by atoms with E-state index in [1.165, 1.54) is 6.21 Å². The number of hydrogen-bond acceptors (Lipinski definition) is 7. The largest absolute Gasteiger partial charge is 0.484 e. The van der Waals surface area contributed by atoms with Gasteiger partial charge in [-0.15, -0.1) is 0 Å². The molecule has 0 bridgehead atoms. The van der Waals surface area contributed by atoms with Crippen LogP contribution < -0.4 is 16.4 Å². The van der Waals surface area contributed by atoms with E-state index < -0.39 is 0 Å². The number of rotatable bonds is 8. The van der Waals surface area contributed by atoms with Crippen LogP contribution in [-0.2, 0) is 9.53 Å². The van der Waals surface area contributed by atoms with Crippen molar-refractivity contribution in [1.29, 1.82) is 5.41 Å². The fourth-order valence-electron chi connectivity index (χ4n) is 3.12. The van der Waals surface area contributed by atoms with Gasteiger partial charge < -0.3 is 26.5 Å². The molecule has 1 unspecified atom stereocenters. The molecule has 1 aliphatic carbocycles. The van der Waals surface area contributed by atoms with E-state index in [-0.39, 0.29) is 24.5 Å². The van der Waals surface area contributed by atoms with Crippen LogP contribution in [-0.4, -0.2) is 34.7 Å². The highest BCUT2D eigenvalue weighted by Gasteiger charge is 2.18. The van der Waals surface area contributed by atoms with Gasteiger partial charge in [0.1, 0.15) is 17.4 Å². The van der Waals surface area contributed by atoms with Crippen molar-refractivity contribution >= 4 is 29.3 Å². The second kappa shape index (κ2) is 9.88. The predicted octanol–water partition coefficient (Wildman–Crippen LogP) is 3.58. The van der Waals surface area contributed by atoms with Crippen LogP contribution in [0.3, 0.4) is 0 Å². The third kappa shape index (κ3) is 5.91. The summed E-state index contributed by atoms with van der Waals surface area (Å²) in [5.41, 5.74) is 8.75. The van der Waals surface area contributed by atoms with Gasteiger partial charge in [0.15, 0.2) is 6.61 Å². The van der Waals surface area contributed by atoms with E-state index >= 15 is 0 Å². The topological polar surface area (TPSA) is 126 Å². The summed E-state index contributed by atoms with van der Waals surface area (Å²) in [5, 5.41) is 13.6. The molecule has 162 valence electrons. The van der Waals surface area contributed by atoms with Gasteiger partial charge >= 0.3 is 0 Å². The number of benzene rings is 1. The second-order valence-corrected chi connectivity index (χ2v) is 7.70. The van der Waals surface area contributed by atoms with Crippen LogP contribution in [0.4, 0.5) is 17.2 Å². The Kier molecular flexibility index (Phi) is 7.02. The Labute approximate surface area is 182 Å². The number of amides is 1. The molecule has 0 radical (unpaired) electrons. The van der Waals surface area contributed by atoms with Crippen molar-refractivity contribution in [3.05, 3.63) is 65.3 Å². The molecule has 5 N–H and O–H groups in total. The number of carbonyl (C=O) groups is 1. The number of nitrogens with one attached hydrogen (secondary N) is 3. The van der Waals surface area contributed by atoms with Crippen molar-refractivity contribution in [3.63, 3.8) is 0 Å². The fraction of sp³-hybridized carbons (Fsp3) is 0.304. The summed E-state index contributed by atoms with van der Waals surface area (Å²) in [6.07, 6.45) is 9.54. The molecule has 31 heavy (non-hydrogen) atoms. The minimum Gasteiger partial charge on any atom is -0.484 e. The molecule has 3 rings (SSSR count). The molecule has 0 saturated heterocycles. The Morgan fingerprint density at radius 3 is 2.97 bits per heavy atom. The van der Waals surface area contributed by atoms with Crippen LogP contribution in [0.15, 0.2) is 48.4 Å². The van der Waals surface area contributed by atoms with Gasteiger partial charge in [-0.2, -0.15) is 0 Å². The molecule has 8 heteroatoms. The average molecular weight is 421 g/mol. The Bertz CT molecular complexity index is 1030. The van der Waals surface area contributed by atoms with Crippen molar-refractivity contribution in [2.45, 2.75) is 39.2 Å². The highest BCUT2D eigenvalue weighted by molar-refractivity contribution is 5.87. The number of allylic oxidation sites excluding steroid dienone is 3. The van der Waals surface area contributed by atoms with Crippen molar-refractivity contribution in [1.82, 2.24) is 15.3 Å². The van der Waals surface area contributed by atoms with Gasteiger partial charge in [0.2, 0.25) is 0 Å². The number of nitrogen functional groups attached to an aromatic ring is 1. The quantitative estimate of drug-likeness (QED) is 0.382. The molecule has 8 nitrogen and oxygen atoms in total. The minimum absolute atomic E-state index is 0.0326. The van der Waals surface area contributed by atoms with E-state index in [4.69, 9.17) is 20.9 Å². The summed E-state index contributed by atoms with van der Waals surface area (Å²) in [5.74, 6) is 1.76. The Balaban J connectivity index is 1.74. The predicted molar refractivity (Wildman–Crippen MR) is 123 cm³/mol. The first-order chi connectivity index (χ1) is 14.9. The number of anilines is 3. The van der Waals surface area contributed by atoms with Gasteiger partial charge in [-0.05, 0) is 57.5 Å². The zero-order valence-corrected chi connectivity index (χ0v) is 18.0. The smallest absolute Gasteiger partial charge is 0.258 e. The molecule has 0 saturated carbocycles. The molecular weight excluding hydrogens is 392 g/mol. The highest BCUT2D eigenvalue weighted by Crippen LogP contribution is 2.28. The third-order valence-electron chi connectivity index (χ3n) is 4.68. The number of aromatic nitrogens is 2. The fourth-order valence-corrected chi connectivity index (χ4v) is 3.12. The van der Waals surface area contributed by atoms with Crippen molar-refractivity contribution < 1.29 is 9.53 Å². The molecule has 0 aliphatic heterocycles. The van der Waals surface area contributed by atoms with Crippen molar-refractivity contribution in [2.75, 3.05) is 17.7 Å². The van der Waals surface area contributed by atoms with Crippen molar-refractivity contribution in [2.24, 2.45) is 0 Å². The van der Waals surface area contributed by atoms with Gasteiger partial charge in [0, 0.05) is 46.9 Å². The summed E-state index contributed by atoms with van der Waals surface area (Å²) < 4.78 is 5.64. The van der Waals surface area contributed by atoms with Crippen LogP contribution in [0.1, 0.15) is 43.1 Å². The van der Waals surface area contributed by atoms with E-state index in [1.54, 1.807) is 18.3 Å². The van der Waals surface area contributed by atoms with E-state index in [0.29, 0.717) is 28.7 Å². The second-order valence-electron chi connectivity index (χ2n) is 7.70. The summed E-state index contributed by atoms with van der Waals surface area (Å²) >= 11 is 0. The maximum Gasteiger partial charge on any atom is 0.258 e. The number of hydrogen-bond donors (Lipinski definition) is 4.